The summed E-state index contributed by atoms with van der Waals surface area (Å²) in [6.45, 7) is 1.64. The number of hydrogen-bond acceptors (Lipinski definition) is 4. The molecule has 2 aromatic carbocycles. The third-order valence-electron chi connectivity index (χ3n) is 4.66. The lowest BCUT2D eigenvalue weighted by Crippen LogP contribution is -2.21. The van der Waals surface area contributed by atoms with Crippen LogP contribution in [0.4, 0.5) is 30.7 Å². The number of halogens is 8. The fraction of sp³-hybridized carbons (Fsp3) is 0.105. The topological polar surface area (TPSA) is 52.2 Å². The summed E-state index contributed by atoms with van der Waals surface area (Å²) in [7, 11) is 0. The average molecular weight is 509 g/mol. The molecule has 14 heteroatoms. The minimum absolute atomic E-state index is 0.361. The van der Waals surface area contributed by atoms with Gasteiger partial charge in [-0.05, 0) is 36.4 Å². The van der Waals surface area contributed by atoms with Crippen LogP contribution >= 0.6 is 23.4 Å². The Kier molecular flexibility index (Phi) is 5.65. The predicted molar refractivity (Wildman–Crippen MR) is 104 cm³/mol. The van der Waals surface area contributed by atoms with Gasteiger partial charge in [-0.1, -0.05) is 17.7 Å². The molecule has 0 radical (unpaired) electrons. The third-order valence-corrected chi connectivity index (χ3v) is 5.99. The second-order valence-electron chi connectivity index (χ2n) is 6.60. The van der Waals surface area contributed by atoms with E-state index in [9.17, 15) is 35.5 Å². The van der Waals surface area contributed by atoms with Crippen molar-refractivity contribution in [1.82, 2.24) is 19.2 Å². The molecule has 2 heterocycles. The van der Waals surface area contributed by atoms with Crippen LogP contribution in [0.5, 0.6) is 0 Å². The lowest BCUT2D eigenvalue weighted by atomic mass is 10.1. The Hall–Kier alpha value is -3.06. The molecule has 0 bridgehead atoms. The molecule has 0 aliphatic heterocycles. The fourth-order valence-corrected chi connectivity index (χ4v) is 4.02. The van der Waals surface area contributed by atoms with Crippen molar-refractivity contribution in [2.24, 2.45) is 0 Å². The molecule has 0 amide bonds. The lowest BCUT2D eigenvalue weighted by Gasteiger charge is -2.17. The van der Waals surface area contributed by atoms with E-state index in [1.165, 1.54) is 6.20 Å². The van der Waals surface area contributed by atoms with Crippen molar-refractivity contribution in [3.63, 3.8) is 0 Å². The van der Waals surface area contributed by atoms with Gasteiger partial charge >= 0.3 is 10.8 Å². The van der Waals surface area contributed by atoms with E-state index in [4.69, 9.17) is 11.6 Å². The number of hydrogen-bond donors (Lipinski definition) is 0. The predicted octanol–water partition coefficient (Wildman–Crippen LogP) is 5.38. The maximum atomic E-state index is 14.7. The van der Waals surface area contributed by atoms with Crippen molar-refractivity contribution < 1.29 is 30.7 Å². The van der Waals surface area contributed by atoms with Crippen LogP contribution in [0.25, 0.3) is 11.3 Å². The average Bonchev–Trinajstić information content (AvgIpc) is 3.16. The Labute approximate surface area is 188 Å². The summed E-state index contributed by atoms with van der Waals surface area (Å²) >= 11 is 5.41. The molecule has 0 spiro atoms. The Morgan fingerprint density at radius 3 is 2.18 bits per heavy atom. The Morgan fingerprint density at radius 2 is 1.55 bits per heavy atom. The van der Waals surface area contributed by atoms with Crippen molar-refractivity contribution >= 4 is 29.0 Å². The van der Waals surface area contributed by atoms with Gasteiger partial charge in [0.2, 0.25) is 16.6 Å². The second-order valence-corrected chi connectivity index (χ2v) is 8.09. The van der Waals surface area contributed by atoms with E-state index < -0.39 is 68.0 Å². The molecule has 4 rings (SSSR count). The summed E-state index contributed by atoms with van der Waals surface area (Å²) in [5.41, 5.74) is -2.66. The number of benzene rings is 2. The van der Waals surface area contributed by atoms with Gasteiger partial charge in [-0.2, -0.15) is 8.78 Å². The fourth-order valence-electron chi connectivity index (χ4n) is 3.01. The molecule has 0 saturated carbocycles. The van der Waals surface area contributed by atoms with Gasteiger partial charge in [-0.25, -0.2) is 22.0 Å². The summed E-state index contributed by atoms with van der Waals surface area (Å²) in [4.78, 5) is 12.8. The molecule has 172 valence electrons. The Balaban J connectivity index is 1.81. The summed E-state index contributed by atoms with van der Waals surface area (Å²) in [6.07, 6.45) is 2.31. The van der Waals surface area contributed by atoms with Crippen molar-refractivity contribution in [2.45, 2.75) is 17.3 Å². The first-order valence-corrected chi connectivity index (χ1v) is 9.95. The highest BCUT2D eigenvalue weighted by Crippen LogP contribution is 2.46. The van der Waals surface area contributed by atoms with Crippen LogP contribution < -0.4 is 5.56 Å². The lowest BCUT2D eigenvalue weighted by molar-refractivity contribution is 0.0919. The summed E-state index contributed by atoms with van der Waals surface area (Å²) in [5.74, 6) is -13.0. The SMILES string of the molecule is Cc1c(Cl)cccc1-n1ccn2c(SC(F)(F)c3c(F)c(F)c(F)c(F)c3F)nnc2c1=O. The molecule has 0 unspecified atom stereocenters. The molecule has 0 fully saturated rings. The van der Waals surface area contributed by atoms with Gasteiger partial charge in [-0.3, -0.25) is 13.8 Å². The van der Waals surface area contributed by atoms with E-state index in [2.05, 4.69) is 10.2 Å². The van der Waals surface area contributed by atoms with Crippen LogP contribution in [0.15, 0.2) is 40.5 Å². The minimum atomic E-state index is -4.66. The first-order valence-electron chi connectivity index (χ1n) is 8.76. The molecule has 0 aliphatic carbocycles. The molecule has 0 N–H and O–H groups in total. The van der Waals surface area contributed by atoms with Crippen LogP contribution in [0.2, 0.25) is 5.02 Å². The molecule has 5 nitrogen and oxygen atoms in total. The first-order chi connectivity index (χ1) is 15.5. The quantitative estimate of drug-likeness (QED) is 0.161. The molecule has 0 aliphatic rings. The number of rotatable bonds is 4. The van der Waals surface area contributed by atoms with E-state index in [1.807, 2.05) is 0 Å². The van der Waals surface area contributed by atoms with E-state index in [1.54, 1.807) is 25.1 Å². The molecule has 2 aromatic heterocycles. The number of thioether (sulfide) groups is 1. The number of fused-ring (bicyclic) bond motifs is 1. The monoisotopic (exact) mass is 508 g/mol. The van der Waals surface area contributed by atoms with Crippen LogP contribution in [0, 0.1) is 36.0 Å². The van der Waals surface area contributed by atoms with E-state index in [-0.39, 0.29) is 0 Å². The highest BCUT2D eigenvalue weighted by atomic mass is 35.5. The van der Waals surface area contributed by atoms with Gasteiger partial charge in [0.15, 0.2) is 23.3 Å². The molecular weight excluding hydrogens is 501 g/mol. The number of alkyl halides is 2. The molecular formula is C19H8ClF7N4OS. The standard InChI is InChI=1S/C19H8ClF7N4OS/c1-7-8(20)3-2-4-9(7)30-5-6-31-16(17(30)32)28-29-18(31)33-19(26,27)10-11(21)13(23)15(25)14(24)12(10)22/h2-6H,1H3. The maximum Gasteiger partial charge on any atom is 0.332 e. The first kappa shape index (κ1) is 23.1. The summed E-state index contributed by atoms with van der Waals surface area (Å²) in [5, 5.41) is 1.91. The third kappa shape index (κ3) is 3.64. The largest absolute Gasteiger partial charge is 0.332 e. The zero-order valence-electron chi connectivity index (χ0n) is 16.0. The van der Waals surface area contributed by atoms with Crippen molar-refractivity contribution in [3.8, 4) is 5.69 Å². The Bertz CT molecular complexity index is 1460. The van der Waals surface area contributed by atoms with Gasteiger partial charge in [0, 0.05) is 17.4 Å². The molecule has 33 heavy (non-hydrogen) atoms. The number of nitrogens with zero attached hydrogens (tertiary/aromatic N) is 4. The van der Waals surface area contributed by atoms with E-state index in [0.717, 1.165) is 15.2 Å². The minimum Gasteiger partial charge on any atom is -0.279 e. The molecule has 4 aromatic rings. The normalized spacial score (nSPS) is 12.0. The van der Waals surface area contributed by atoms with Crippen molar-refractivity contribution in [2.75, 3.05) is 0 Å². The zero-order valence-corrected chi connectivity index (χ0v) is 17.6. The van der Waals surface area contributed by atoms with Crippen LogP contribution in [0.1, 0.15) is 11.1 Å². The number of aromatic nitrogens is 4. The second kappa shape index (κ2) is 8.06. The van der Waals surface area contributed by atoms with Crippen molar-refractivity contribution in [3.05, 3.63) is 86.2 Å². The van der Waals surface area contributed by atoms with Gasteiger partial charge in [0.1, 0.15) is 5.56 Å². The van der Waals surface area contributed by atoms with E-state index in [0.29, 0.717) is 16.3 Å². The van der Waals surface area contributed by atoms with Crippen LogP contribution in [0.3, 0.4) is 0 Å². The maximum absolute atomic E-state index is 14.7. The van der Waals surface area contributed by atoms with Crippen molar-refractivity contribution in [1.29, 1.82) is 0 Å². The Morgan fingerprint density at radius 1 is 0.939 bits per heavy atom. The van der Waals surface area contributed by atoms with Gasteiger partial charge in [0.25, 0.3) is 0 Å². The highest BCUT2D eigenvalue weighted by molar-refractivity contribution is 7.99. The van der Waals surface area contributed by atoms with Gasteiger partial charge in [0.05, 0.1) is 5.69 Å². The summed E-state index contributed by atoms with van der Waals surface area (Å²) in [6, 6.07) is 4.75. The van der Waals surface area contributed by atoms with Crippen LogP contribution in [-0.2, 0) is 5.25 Å². The molecule has 0 atom stereocenters. The highest BCUT2D eigenvalue weighted by Gasteiger charge is 2.44. The van der Waals surface area contributed by atoms with Crippen LogP contribution in [-0.4, -0.2) is 19.2 Å². The summed E-state index contributed by atoms with van der Waals surface area (Å²) < 4.78 is 99.0. The smallest absolute Gasteiger partial charge is 0.279 e. The van der Waals surface area contributed by atoms with Gasteiger partial charge in [-0.15, -0.1) is 10.2 Å². The zero-order chi connectivity index (χ0) is 24.2. The van der Waals surface area contributed by atoms with Gasteiger partial charge < -0.3 is 0 Å². The molecule has 0 saturated heterocycles. The van der Waals surface area contributed by atoms with E-state index >= 15 is 0 Å².